The Bertz CT molecular complexity index is 271. The molecule has 98 valence electrons. The molecule has 0 radical (unpaired) electrons. The van der Waals surface area contributed by atoms with Gasteiger partial charge < -0.3 is 11.1 Å². The third kappa shape index (κ3) is 3.62. The molecule has 2 fully saturated rings. The van der Waals surface area contributed by atoms with Crippen molar-refractivity contribution in [3.63, 3.8) is 0 Å². The molecule has 0 saturated heterocycles. The van der Waals surface area contributed by atoms with Crippen LogP contribution in [0.5, 0.6) is 0 Å². The third-order valence-corrected chi connectivity index (χ3v) is 5.37. The van der Waals surface area contributed by atoms with Gasteiger partial charge in [-0.2, -0.15) is 11.8 Å². The van der Waals surface area contributed by atoms with Crippen molar-refractivity contribution in [1.82, 2.24) is 5.32 Å². The standard InChI is InChI=1S/C13H24N2OS/c1-17-11-5-3-10(4-6-11)15-12(16)9-13(14)7-2-8-13/h10-11H,2-9,14H2,1H3,(H,15,16). The number of carbonyl (C=O) groups excluding carboxylic acids is 1. The van der Waals surface area contributed by atoms with Crippen molar-refractivity contribution in [2.45, 2.75) is 68.2 Å². The van der Waals surface area contributed by atoms with E-state index in [-0.39, 0.29) is 11.4 Å². The first-order valence-electron chi connectivity index (χ1n) is 6.72. The molecule has 0 spiro atoms. The SMILES string of the molecule is CSC1CCC(NC(=O)CC2(N)CCC2)CC1. The first-order valence-corrected chi connectivity index (χ1v) is 8.01. The van der Waals surface area contributed by atoms with Gasteiger partial charge in [0.15, 0.2) is 0 Å². The lowest BCUT2D eigenvalue weighted by Gasteiger charge is -2.38. The molecule has 17 heavy (non-hydrogen) atoms. The second-order valence-electron chi connectivity index (χ2n) is 5.67. The Labute approximate surface area is 108 Å². The maximum atomic E-state index is 11.9. The van der Waals surface area contributed by atoms with Crippen molar-refractivity contribution in [2.24, 2.45) is 5.73 Å². The molecule has 3 N–H and O–H groups in total. The predicted molar refractivity (Wildman–Crippen MR) is 73.1 cm³/mol. The Morgan fingerprint density at radius 3 is 2.47 bits per heavy atom. The molecule has 0 unspecified atom stereocenters. The minimum atomic E-state index is -0.180. The minimum Gasteiger partial charge on any atom is -0.353 e. The number of nitrogens with one attached hydrogen (secondary N) is 1. The Kier molecular flexibility index (Phi) is 4.36. The monoisotopic (exact) mass is 256 g/mol. The highest BCUT2D eigenvalue weighted by Crippen LogP contribution is 2.32. The highest BCUT2D eigenvalue weighted by atomic mass is 32.2. The van der Waals surface area contributed by atoms with E-state index in [0.717, 1.165) is 30.9 Å². The van der Waals surface area contributed by atoms with Crippen molar-refractivity contribution in [3.05, 3.63) is 0 Å². The predicted octanol–water partition coefficient (Wildman–Crippen LogP) is 2.05. The van der Waals surface area contributed by atoms with E-state index < -0.39 is 0 Å². The van der Waals surface area contributed by atoms with Gasteiger partial charge in [0.2, 0.25) is 5.91 Å². The van der Waals surface area contributed by atoms with Crippen LogP contribution >= 0.6 is 11.8 Å². The van der Waals surface area contributed by atoms with Crippen LogP contribution < -0.4 is 11.1 Å². The highest BCUT2D eigenvalue weighted by molar-refractivity contribution is 7.99. The Hall–Kier alpha value is -0.220. The van der Waals surface area contributed by atoms with Gasteiger partial charge >= 0.3 is 0 Å². The highest BCUT2D eigenvalue weighted by Gasteiger charge is 2.35. The summed E-state index contributed by atoms with van der Waals surface area (Å²) in [6.07, 6.45) is 10.7. The summed E-state index contributed by atoms with van der Waals surface area (Å²) in [5.74, 6) is 0.166. The quantitative estimate of drug-likeness (QED) is 0.809. The van der Waals surface area contributed by atoms with Crippen LogP contribution in [0, 0.1) is 0 Å². The number of nitrogens with two attached hydrogens (primary N) is 1. The average Bonchev–Trinajstić information content (AvgIpc) is 2.28. The maximum absolute atomic E-state index is 11.9. The summed E-state index contributed by atoms with van der Waals surface area (Å²) >= 11 is 1.96. The molecule has 0 aromatic carbocycles. The van der Waals surface area contributed by atoms with Crippen molar-refractivity contribution >= 4 is 17.7 Å². The molecule has 0 bridgehead atoms. The van der Waals surface area contributed by atoms with Crippen LogP contribution in [-0.2, 0) is 4.79 Å². The smallest absolute Gasteiger partial charge is 0.222 e. The molecule has 0 aromatic rings. The zero-order valence-electron chi connectivity index (χ0n) is 10.7. The van der Waals surface area contributed by atoms with Gasteiger partial charge in [0.05, 0.1) is 0 Å². The number of hydrogen-bond acceptors (Lipinski definition) is 3. The second-order valence-corrected chi connectivity index (χ2v) is 6.81. The fourth-order valence-corrected chi connectivity index (χ4v) is 3.59. The second kappa shape index (κ2) is 5.61. The van der Waals surface area contributed by atoms with E-state index in [0.29, 0.717) is 12.5 Å². The summed E-state index contributed by atoms with van der Waals surface area (Å²) in [6.45, 7) is 0. The lowest BCUT2D eigenvalue weighted by Crippen LogP contribution is -2.51. The minimum absolute atomic E-state index is 0.166. The van der Waals surface area contributed by atoms with Crippen LogP contribution in [0.1, 0.15) is 51.4 Å². The molecule has 2 rings (SSSR count). The van der Waals surface area contributed by atoms with Gasteiger partial charge in [0.25, 0.3) is 0 Å². The zero-order chi connectivity index (χ0) is 12.3. The number of hydrogen-bond donors (Lipinski definition) is 2. The molecule has 2 saturated carbocycles. The van der Waals surface area contributed by atoms with Gasteiger partial charge in [0, 0.05) is 23.3 Å². The topological polar surface area (TPSA) is 55.1 Å². The molecule has 2 aliphatic rings. The molecule has 0 atom stereocenters. The van der Waals surface area contributed by atoms with Crippen LogP contribution in [0.25, 0.3) is 0 Å². The van der Waals surface area contributed by atoms with Gasteiger partial charge in [-0.15, -0.1) is 0 Å². The molecular weight excluding hydrogens is 232 g/mol. The molecule has 4 heteroatoms. The van der Waals surface area contributed by atoms with E-state index in [9.17, 15) is 4.79 Å². The lowest BCUT2D eigenvalue weighted by atomic mass is 9.75. The van der Waals surface area contributed by atoms with E-state index in [4.69, 9.17) is 5.73 Å². The van der Waals surface area contributed by atoms with E-state index in [2.05, 4.69) is 11.6 Å². The summed E-state index contributed by atoms with van der Waals surface area (Å²) in [5.41, 5.74) is 5.91. The van der Waals surface area contributed by atoms with Crippen molar-refractivity contribution in [3.8, 4) is 0 Å². The number of carbonyl (C=O) groups is 1. The van der Waals surface area contributed by atoms with Gasteiger partial charge in [-0.1, -0.05) is 0 Å². The van der Waals surface area contributed by atoms with Crippen molar-refractivity contribution in [2.75, 3.05) is 6.26 Å². The fourth-order valence-electron chi connectivity index (χ4n) is 2.85. The van der Waals surface area contributed by atoms with E-state index in [1.807, 2.05) is 11.8 Å². The van der Waals surface area contributed by atoms with E-state index in [1.54, 1.807) is 0 Å². The number of rotatable bonds is 4. The molecular formula is C13H24N2OS. The summed E-state index contributed by atoms with van der Waals surface area (Å²) in [4.78, 5) is 11.9. The maximum Gasteiger partial charge on any atom is 0.222 e. The Balaban J connectivity index is 1.69. The largest absolute Gasteiger partial charge is 0.353 e. The molecule has 2 aliphatic carbocycles. The van der Waals surface area contributed by atoms with E-state index >= 15 is 0 Å². The van der Waals surface area contributed by atoms with Gasteiger partial charge in [0.1, 0.15) is 0 Å². The Morgan fingerprint density at radius 2 is 2.00 bits per heavy atom. The summed E-state index contributed by atoms with van der Waals surface area (Å²) < 4.78 is 0. The molecule has 3 nitrogen and oxygen atoms in total. The van der Waals surface area contributed by atoms with Gasteiger partial charge in [-0.05, 0) is 51.2 Å². The summed E-state index contributed by atoms with van der Waals surface area (Å²) in [6, 6.07) is 0.398. The molecule has 0 heterocycles. The van der Waals surface area contributed by atoms with Crippen LogP contribution in [0.15, 0.2) is 0 Å². The normalized spacial score (nSPS) is 31.6. The Morgan fingerprint density at radius 1 is 1.35 bits per heavy atom. The van der Waals surface area contributed by atoms with Crippen LogP contribution in [0.3, 0.4) is 0 Å². The summed E-state index contributed by atoms with van der Waals surface area (Å²) in [7, 11) is 0. The molecule has 0 aliphatic heterocycles. The van der Waals surface area contributed by atoms with Crippen molar-refractivity contribution < 1.29 is 4.79 Å². The van der Waals surface area contributed by atoms with Crippen LogP contribution in [0.2, 0.25) is 0 Å². The van der Waals surface area contributed by atoms with Gasteiger partial charge in [-0.3, -0.25) is 4.79 Å². The molecule has 1 amide bonds. The molecule has 0 aromatic heterocycles. The zero-order valence-corrected chi connectivity index (χ0v) is 11.5. The number of amides is 1. The first kappa shape index (κ1) is 13.2. The third-order valence-electron chi connectivity index (χ3n) is 4.23. The first-order chi connectivity index (χ1) is 8.11. The fraction of sp³-hybridized carbons (Fsp3) is 0.923. The van der Waals surface area contributed by atoms with Gasteiger partial charge in [-0.25, -0.2) is 0 Å². The number of thioether (sulfide) groups is 1. The lowest BCUT2D eigenvalue weighted by molar-refractivity contribution is -0.123. The van der Waals surface area contributed by atoms with E-state index in [1.165, 1.54) is 19.3 Å². The average molecular weight is 256 g/mol. The van der Waals surface area contributed by atoms with Crippen LogP contribution in [0.4, 0.5) is 0 Å². The summed E-state index contributed by atoms with van der Waals surface area (Å²) in [5, 5.41) is 3.96. The van der Waals surface area contributed by atoms with Crippen molar-refractivity contribution in [1.29, 1.82) is 0 Å². The van der Waals surface area contributed by atoms with Crippen LogP contribution in [-0.4, -0.2) is 29.0 Å².